The van der Waals surface area contributed by atoms with E-state index in [1.807, 2.05) is 98.8 Å². The summed E-state index contributed by atoms with van der Waals surface area (Å²) in [5, 5.41) is 10.4. The number of carboxylic acids is 1. The van der Waals surface area contributed by atoms with Gasteiger partial charge in [-0.05, 0) is 80.1 Å². The van der Waals surface area contributed by atoms with Crippen molar-refractivity contribution < 1.29 is 42.1 Å². The molecule has 0 spiro atoms. The van der Waals surface area contributed by atoms with Gasteiger partial charge < -0.3 is 30.4 Å². The molecular formula is C33H32F3N5O6. The van der Waals surface area contributed by atoms with E-state index in [1.54, 1.807) is 12.1 Å². The quantitative estimate of drug-likeness (QED) is 0.146. The van der Waals surface area contributed by atoms with Crippen LogP contribution < -0.4 is 36.1 Å². The average Bonchev–Trinajstić information content (AvgIpc) is 3.05. The third-order valence-electron chi connectivity index (χ3n) is 6.29. The number of nitrogens with zero attached hydrogens (tertiary/aromatic N) is 1. The number of amides is 1. The maximum absolute atomic E-state index is 13.7. The maximum atomic E-state index is 13.7. The number of nitrogens with one attached hydrogen (secondary N) is 3. The van der Waals surface area contributed by atoms with Gasteiger partial charge in [-0.2, -0.15) is 13.2 Å². The molecule has 0 saturated heterocycles. The molecule has 4 aromatic carbocycles. The van der Waals surface area contributed by atoms with E-state index >= 15 is 0 Å². The molecule has 6 rings (SSSR count). The largest absolute Gasteiger partial charge is 0.490 e. The van der Waals surface area contributed by atoms with Crippen LogP contribution in [0, 0.1) is 0 Å². The van der Waals surface area contributed by atoms with Gasteiger partial charge in [0.05, 0.1) is 11.8 Å². The van der Waals surface area contributed by atoms with Crippen molar-refractivity contribution in [3.8, 4) is 23.0 Å². The average molecular weight is 652 g/mol. The molecule has 6 N–H and O–H groups in total. The predicted octanol–water partition coefficient (Wildman–Crippen LogP) is 6.25. The molecule has 0 aromatic heterocycles. The number of hydrogen-bond donors (Lipinski definition) is 5. The summed E-state index contributed by atoms with van der Waals surface area (Å²) in [6.07, 6.45) is -5.15. The molecule has 0 radical (unpaired) electrons. The zero-order valence-corrected chi connectivity index (χ0v) is 25.2. The number of nitrogens with two attached hydrogens (primary N) is 1. The third-order valence-corrected chi connectivity index (χ3v) is 6.29. The van der Waals surface area contributed by atoms with E-state index in [1.165, 1.54) is 0 Å². The fraction of sp³-hybridized carbons (Fsp3) is 0.182. The molecule has 1 atom stereocenters. The molecule has 4 aromatic rings. The Labute approximate surface area is 268 Å². The lowest BCUT2D eigenvalue weighted by Gasteiger charge is -2.23. The number of ether oxygens (including phenoxy) is 3. The van der Waals surface area contributed by atoms with Crippen LogP contribution in [0.25, 0.3) is 0 Å². The zero-order valence-electron chi connectivity index (χ0n) is 25.2. The highest BCUT2D eigenvalue weighted by molar-refractivity contribution is 5.97. The molecule has 0 aliphatic carbocycles. The second-order valence-corrected chi connectivity index (χ2v) is 10.2. The molecule has 11 nitrogen and oxygen atoms in total. The number of aliphatic carboxylic acids is 1. The minimum Gasteiger partial charge on any atom is -0.487 e. The van der Waals surface area contributed by atoms with Gasteiger partial charge in [0.15, 0.2) is 24.0 Å². The first-order chi connectivity index (χ1) is 22.4. The number of hydrazine groups is 1. The molecule has 14 heteroatoms. The Morgan fingerprint density at radius 2 is 1.64 bits per heavy atom. The first-order valence-electron chi connectivity index (χ1n) is 14.2. The van der Waals surface area contributed by atoms with Gasteiger partial charge in [0.1, 0.15) is 17.6 Å². The number of carbonyl (C=O) groups excluding carboxylic acids is 1. The molecule has 1 amide bonds. The van der Waals surface area contributed by atoms with Gasteiger partial charge in [0, 0.05) is 11.3 Å². The number of benzene rings is 4. The third kappa shape index (κ3) is 9.78. The van der Waals surface area contributed by atoms with E-state index in [0.717, 1.165) is 11.3 Å². The number of carboxylic acid groups (broad SMARTS) is 1. The lowest BCUT2D eigenvalue weighted by atomic mass is 10.0. The number of amidine groups is 1. The van der Waals surface area contributed by atoms with Gasteiger partial charge in [-0.1, -0.05) is 36.4 Å². The molecule has 47 heavy (non-hydrogen) atoms. The van der Waals surface area contributed by atoms with Gasteiger partial charge >= 0.3 is 12.1 Å². The Kier molecular flexibility index (Phi) is 11.1. The fourth-order valence-electron chi connectivity index (χ4n) is 4.11. The highest BCUT2D eigenvalue weighted by Gasteiger charge is 2.38. The van der Waals surface area contributed by atoms with Crippen LogP contribution in [0.3, 0.4) is 0 Å². The number of fused-ring (bicyclic) bond motifs is 5. The van der Waals surface area contributed by atoms with Crippen LogP contribution in [0.4, 0.5) is 24.5 Å². The van der Waals surface area contributed by atoms with Crippen molar-refractivity contribution in [2.24, 2.45) is 10.7 Å². The minimum atomic E-state index is -5.08. The maximum Gasteiger partial charge on any atom is 0.490 e. The van der Waals surface area contributed by atoms with E-state index < -0.39 is 18.2 Å². The van der Waals surface area contributed by atoms with Crippen molar-refractivity contribution >= 4 is 29.1 Å². The topological polar surface area (TPSA) is 157 Å². The van der Waals surface area contributed by atoms with Crippen LogP contribution in [-0.2, 0) is 9.59 Å². The summed E-state index contributed by atoms with van der Waals surface area (Å²) in [5.74, 6) is -0.478. The van der Waals surface area contributed by atoms with Crippen molar-refractivity contribution in [3.05, 3.63) is 108 Å². The van der Waals surface area contributed by atoms with Crippen molar-refractivity contribution in [1.82, 2.24) is 5.43 Å². The van der Waals surface area contributed by atoms with Crippen LogP contribution in [0.2, 0.25) is 0 Å². The smallest absolute Gasteiger partial charge is 0.487 e. The summed E-state index contributed by atoms with van der Waals surface area (Å²) in [7, 11) is 0. The van der Waals surface area contributed by atoms with E-state index in [4.69, 9.17) is 29.8 Å². The first-order valence-corrected chi connectivity index (χ1v) is 14.2. The Balaban J connectivity index is 0.000000644. The first kappa shape index (κ1) is 34.0. The molecule has 2 heterocycles. The molecule has 2 aliphatic rings. The minimum absolute atomic E-state index is 0.00443. The van der Waals surface area contributed by atoms with Gasteiger partial charge in [-0.3, -0.25) is 15.6 Å². The monoisotopic (exact) mass is 651 g/mol. The van der Waals surface area contributed by atoms with Crippen molar-refractivity contribution in [1.29, 1.82) is 0 Å². The Morgan fingerprint density at radius 1 is 0.979 bits per heavy atom. The number of hydrogen-bond acceptors (Lipinski definition) is 9. The lowest BCUT2D eigenvalue weighted by molar-refractivity contribution is -0.192. The highest BCUT2D eigenvalue weighted by Crippen LogP contribution is 2.34. The summed E-state index contributed by atoms with van der Waals surface area (Å²) >= 11 is 0. The van der Waals surface area contributed by atoms with Crippen molar-refractivity contribution in [2.75, 3.05) is 17.5 Å². The van der Waals surface area contributed by atoms with Crippen LogP contribution in [0.15, 0.2) is 102 Å². The zero-order chi connectivity index (χ0) is 34.0. The van der Waals surface area contributed by atoms with Crippen LogP contribution >= 0.6 is 0 Å². The molecule has 4 bridgehead atoms. The predicted molar refractivity (Wildman–Crippen MR) is 170 cm³/mol. The summed E-state index contributed by atoms with van der Waals surface area (Å²) < 4.78 is 49.6. The van der Waals surface area contributed by atoms with Crippen molar-refractivity contribution in [3.63, 3.8) is 0 Å². The number of aliphatic imine (C=N–C) groups is 1. The lowest BCUT2D eigenvalue weighted by Crippen LogP contribution is -2.37. The number of anilines is 2. The van der Waals surface area contributed by atoms with Crippen LogP contribution in [0.1, 0.15) is 31.0 Å². The molecule has 2 aliphatic heterocycles. The van der Waals surface area contributed by atoms with E-state index in [0.29, 0.717) is 40.1 Å². The van der Waals surface area contributed by atoms with Crippen LogP contribution in [-0.4, -0.2) is 41.8 Å². The molecule has 1 unspecified atom stereocenters. The van der Waals surface area contributed by atoms with E-state index in [9.17, 15) is 18.0 Å². The second-order valence-electron chi connectivity index (χ2n) is 10.2. The number of alkyl halides is 3. The van der Waals surface area contributed by atoms with Crippen LogP contribution in [0.5, 0.6) is 23.0 Å². The Bertz CT molecular complexity index is 1700. The number of rotatable bonds is 7. The molecule has 0 fully saturated rings. The van der Waals surface area contributed by atoms with Gasteiger partial charge in [0.2, 0.25) is 0 Å². The summed E-state index contributed by atoms with van der Waals surface area (Å²) in [6.45, 7) is 3.86. The SMILES string of the molecule is CC(C)Oc1ccc2cc1OC/N=C(/N)c1ccc(cc1)NC2C(=O)NNc1ccccc1Oc1ccccc1.O=C(O)C(F)(F)F. The van der Waals surface area contributed by atoms with E-state index in [-0.39, 0.29) is 18.7 Å². The van der Waals surface area contributed by atoms with E-state index in [2.05, 4.69) is 21.2 Å². The highest BCUT2D eigenvalue weighted by atomic mass is 19.4. The molecular weight excluding hydrogens is 619 g/mol. The summed E-state index contributed by atoms with van der Waals surface area (Å²) in [6, 6.07) is 28.8. The molecule has 0 saturated carbocycles. The Hall–Kier alpha value is -5.92. The van der Waals surface area contributed by atoms with Gasteiger partial charge in [0.25, 0.3) is 5.91 Å². The van der Waals surface area contributed by atoms with Crippen molar-refractivity contribution in [2.45, 2.75) is 32.2 Å². The standard InChI is InChI=1S/C31H31N5O4.C2HF3O2/c1-20(2)39-27-17-14-22-18-28(27)38-19-33-30(32)21-12-15-23(16-13-21)34-29(22)31(37)36-35-25-10-6-7-11-26(25)40-24-8-4-3-5-9-24;3-2(4,5)1(6)7/h3-18,20,29,34-35H,19H2,1-2H3,(H2,32,33)(H,36,37);(H,6,7). The molecule has 246 valence electrons. The fourth-order valence-corrected chi connectivity index (χ4v) is 4.11. The van der Waals surface area contributed by atoms with Gasteiger partial charge in [-0.15, -0.1) is 0 Å². The summed E-state index contributed by atoms with van der Waals surface area (Å²) in [4.78, 5) is 26.9. The normalized spacial score (nSPS) is 15.0. The number of para-hydroxylation sites is 3. The number of halogens is 3. The summed E-state index contributed by atoms with van der Waals surface area (Å²) in [5.41, 5.74) is 14.7. The van der Waals surface area contributed by atoms with Gasteiger partial charge in [-0.25, -0.2) is 9.79 Å². The second kappa shape index (κ2) is 15.4. The number of carbonyl (C=O) groups is 2. The Morgan fingerprint density at radius 3 is 2.30 bits per heavy atom.